The summed E-state index contributed by atoms with van der Waals surface area (Å²) in [4.78, 5) is 23.2. The zero-order valence-electron chi connectivity index (χ0n) is 8.62. The van der Waals surface area contributed by atoms with E-state index in [0.717, 1.165) is 11.8 Å². The SMILES string of the molecule is Cc1cnc(Sc2ncccc2C=O)nc1. The molecule has 0 aliphatic carbocycles. The number of hydrogen-bond donors (Lipinski definition) is 0. The molecular weight excluding hydrogens is 222 g/mol. The number of aldehydes is 1. The van der Waals surface area contributed by atoms with Crippen molar-refractivity contribution in [2.75, 3.05) is 0 Å². The summed E-state index contributed by atoms with van der Waals surface area (Å²) in [7, 11) is 0. The van der Waals surface area contributed by atoms with Crippen molar-refractivity contribution in [1.82, 2.24) is 15.0 Å². The molecule has 80 valence electrons. The molecule has 2 aromatic heterocycles. The van der Waals surface area contributed by atoms with E-state index in [1.807, 2.05) is 6.92 Å². The molecule has 0 amide bonds. The zero-order chi connectivity index (χ0) is 11.4. The Bertz CT molecular complexity index is 499. The van der Waals surface area contributed by atoms with E-state index in [1.54, 1.807) is 30.7 Å². The molecule has 2 rings (SSSR count). The highest BCUT2D eigenvalue weighted by molar-refractivity contribution is 7.99. The molecule has 5 heteroatoms. The average molecular weight is 231 g/mol. The topological polar surface area (TPSA) is 55.7 Å². The normalized spacial score (nSPS) is 10.1. The summed E-state index contributed by atoms with van der Waals surface area (Å²) in [6.07, 6.45) is 5.89. The molecule has 2 aromatic rings. The number of nitrogens with zero attached hydrogens (tertiary/aromatic N) is 3. The number of carbonyl (C=O) groups excluding carboxylic acids is 1. The van der Waals surface area contributed by atoms with Gasteiger partial charge in [0.1, 0.15) is 5.03 Å². The molecule has 0 aliphatic rings. The molecule has 0 unspecified atom stereocenters. The molecule has 0 radical (unpaired) electrons. The van der Waals surface area contributed by atoms with Gasteiger partial charge in [-0.15, -0.1) is 0 Å². The molecule has 4 nitrogen and oxygen atoms in total. The van der Waals surface area contributed by atoms with Crippen molar-refractivity contribution < 1.29 is 4.79 Å². The molecule has 0 saturated carbocycles. The third kappa shape index (κ3) is 2.43. The van der Waals surface area contributed by atoms with Gasteiger partial charge in [0.25, 0.3) is 0 Å². The number of aryl methyl sites for hydroxylation is 1. The molecule has 0 saturated heterocycles. The first-order chi connectivity index (χ1) is 7.79. The number of pyridine rings is 1. The van der Waals surface area contributed by atoms with Crippen LogP contribution in [0.4, 0.5) is 0 Å². The monoisotopic (exact) mass is 231 g/mol. The van der Waals surface area contributed by atoms with Crippen LogP contribution in [0.5, 0.6) is 0 Å². The molecule has 0 aromatic carbocycles. The van der Waals surface area contributed by atoms with Crippen LogP contribution in [0.1, 0.15) is 15.9 Å². The van der Waals surface area contributed by atoms with Gasteiger partial charge in [-0.3, -0.25) is 4.79 Å². The fraction of sp³-hybridized carbons (Fsp3) is 0.0909. The van der Waals surface area contributed by atoms with Gasteiger partial charge in [-0.2, -0.15) is 0 Å². The highest BCUT2D eigenvalue weighted by Gasteiger charge is 2.06. The van der Waals surface area contributed by atoms with Crippen molar-refractivity contribution >= 4 is 18.0 Å². The van der Waals surface area contributed by atoms with Crippen LogP contribution in [-0.2, 0) is 0 Å². The Labute approximate surface area is 97.2 Å². The third-order valence-electron chi connectivity index (χ3n) is 1.87. The minimum Gasteiger partial charge on any atom is -0.298 e. The van der Waals surface area contributed by atoms with Gasteiger partial charge in [0.15, 0.2) is 11.4 Å². The van der Waals surface area contributed by atoms with Gasteiger partial charge >= 0.3 is 0 Å². The van der Waals surface area contributed by atoms with Crippen molar-refractivity contribution in [3.63, 3.8) is 0 Å². The molecule has 0 atom stereocenters. The quantitative estimate of drug-likeness (QED) is 0.598. The number of aromatic nitrogens is 3. The first-order valence-electron chi connectivity index (χ1n) is 4.66. The molecule has 0 aliphatic heterocycles. The van der Waals surface area contributed by atoms with E-state index >= 15 is 0 Å². The van der Waals surface area contributed by atoms with E-state index in [0.29, 0.717) is 15.7 Å². The molecule has 0 spiro atoms. The Hall–Kier alpha value is -1.75. The zero-order valence-corrected chi connectivity index (χ0v) is 9.44. The van der Waals surface area contributed by atoms with Crippen LogP contribution in [0.2, 0.25) is 0 Å². The Kier molecular flexibility index (Phi) is 3.26. The summed E-state index contributed by atoms with van der Waals surface area (Å²) in [5.74, 6) is 0. The first kappa shape index (κ1) is 10.8. The fourth-order valence-electron chi connectivity index (χ4n) is 1.10. The standard InChI is InChI=1S/C11H9N3OS/c1-8-5-13-11(14-6-8)16-10-9(7-15)3-2-4-12-10/h2-7H,1H3. The Balaban J connectivity index is 2.26. The lowest BCUT2D eigenvalue weighted by Gasteiger charge is -2.01. The fourth-order valence-corrected chi connectivity index (χ4v) is 1.83. The van der Waals surface area contributed by atoms with Crippen molar-refractivity contribution in [3.05, 3.63) is 41.9 Å². The second-order valence-corrected chi connectivity index (χ2v) is 4.12. The molecule has 0 fully saturated rings. The van der Waals surface area contributed by atoms with Gasteiger partial charge in [0.05, 0.1) is 0 Å². The lowest BCUT2D eigenvalue weighted by atomic mass is 10.3. The largest absolute Gasteiger partial charge is 0.298 e. The average Bonchev–Trinajstić information content (AvgIpc) is 2.33. The van der Waals surface area contributed by atoms with Crippen molar-refractivity contribution in [3.8, 4) is 0 Å². The van der Waals surface area contributed by atoms with Gasteiger partial charge in [0, 0.05) is 24.2 Å². The van der Waals surface area contributed by atoms with Crippen molar-refractivity contribution in [2.45, 2.75) is 17.1 Å². The minimum absolute atomic E-state index is 0.552. The molecule has 0 N–H and O–H groups in total. The maximum Gasteiger partial charge on any atom is 0.193 e. The highest BCUT2D eigenvalue weighted by atomic mass is 32.2. The van der Waals surface area contributed by atoms with E-state index in [2.05, 4.69) is 15.0 Å². The van der Waals surface area contributed by atoms with Gasteiger partial charge in [-0.25, -0.2) is 15.0 Å². The highest BCUT2D eigenvalue weighted by Crippen LogP contribution is 2.24. The van der Waals surface area contributed by atoms with E-state index in [4.69, 9.17) is 0 Å². The predicted octanol–water partition coefficient (Wildman–Crippen LogP) is 2.14. The number of hydrogen-bond acceptors (Lipinski definition) is 5. The first-order valence-corrected chi connectivity index (χ1v) is 5.48. The third-order valence-corrected chi connectivity index (χ3v) is 2.80. The van der Waals surface area contributed by atoms with E-state index < -0.39 is 0 Å². The summed E-state index contributed by atoms with van der Waals surface area (Å²) in [5, 5.41) is 1.22. The Morgan fingerprint density at radius 3 is 2.69 bits per heavy atom. The lowest BCUT2D eigenvalue weighted by Crippen LogP contribution is -1.91. The summed E-state index contributed by atoms with van der Waals surface area (Å²) in [5.41, 5.74) is 1.55. The van der Waals surface area contributed by atoms with Crippen LogP contribution < -0.4 is 0 Å². The Morgan fingerprint density at radius 2 is 2.00 bits per heavy atom. The smallest absolute Gasteiger partial charge is 0.193 e. The van der Waals surface area contributed by atoms with Crippen molar-refractivity contribution in [1.29, 1.82) is 0 Å². The molecule has 0 bridgehead atoms. The minimum atomic E-state index is 0.552. The molecule has 2 heterocycles. The second kappa shape index (κ2) is 4.85. The second-order valence-electron chi connectivity index (χ2n) is 3.16. The lowest BCUT2D eigenvalue weighted by molar-refractivity contribution is 0.112. The van der Waals surface area contributed by atoms with E-state index in [1.165, 1.54) is 11.8 Å². The summed E-state index contributed by atoms with van der Waals surface area (Å²) < 4.78 is 0. The van der Waals surface area contributed by atoms with Crippen molar-refractivity contribution in [2.24, 2.45) is 0 Å². The Morgan fingerprint density at radius 1 is 1.25 bits per heavy atom. The van der Waals surface area contributed by atoms with Gasteiger partial charge in [-0.1, -0.05) is 0 Å². The van der Waals surface area contributed by atoms with Crippen LogP contribution in [0, 0.1) is 6.92 Å². The van der Waals surface area contributed by atoms with Crippen LogP contribution in [0.3, 0.4) is 0 Å². The molecular formula is C11H9N3OS. The number of carbonyl (C=O) groups is 1. The summed E-state index contributed by atoms with van der Waals surface area (Å²) in [6.45, 7) is 1.92. The van der Waals surface area contributed by atoms with Crippen LogP contribution in [0.25, 0.3) is 0 Å². The molecule has 16 heavy (non-hydrogen) atoms. The van der Waals surface area contributed by atoms with E-state index in [-0.39, 0.29) is 0 Å². The van der Waals surface area contributed by atoms with Gasteiger partial charge < -0.3 is 0 Å². The predicted molar refractivity (Wildman–Crippen MR) is 60.5 cm³/mol. The summed E-state index contributed by atoms with van der Waals surface area (Å²) >= 11 is 1.28. The number of rotatable bonds is 3. The van der Waals surface area contributed by atoms with Crippen LogP contribution in [0.15, 0.2) is 40.9 Å². The maximum atomic E-state index is 10.8. The summed E-state index contributed by atoms with van der Waals surface area (Å²) in [6, 6.07) is 3.44. The van der Waals surface area contributed by atoms with Crippen LogP contribution in [-0.4, -0.2) is 21.2 Å². The van der Waals surface area contributed by atoms with Gasteiger partial charge in [0.2, 0.25) is 0 Å². The maximum absolute atomic E-state index is 10.8. The van der Waals surface area contributed by atoms with E-state index in [9.17, 15) is 4.79 Å². The van der Waals surface area contributed by atoms with Gasteiger partial charge in [-0.05, 0) is 36.4 Å². The van der Waals surface area contributed by atoms with Crippen LogP contribution >= 0.6 is 11.8 Å².